The van der Waals surface area contributed by atoms with Gasteiger partial charge in [0, 0.05) is 0 Å². The fourth-order valence-corrected chi connectivity index (χ4v) is 1.76. The monoisotopic (exact) mass is 161 g/mol. The van der Waals surface area contributed by atoms with Gasteiger partial charge in [0.05, 0.1) is 6.00 Å². The van der Waals surface area contributed by atoms with E-state index in [0.29, 0.717) is 6.00 Å². The molecule has 0 saturated heterocycles. The molecule has 0 aromatic carbocycles. The standard InChI is InChI=1S/C8H16ClN/c9-7-10-6-8-4-2-1-3-5-8/h8,10H,1-7H2. The Morgan fingerprint density at radius 3 is 2.50 bits per heavy atom. The fourth-order valence-electron chi connectivity index (χ4n) is 1.65. The van der Waals surface area contributed by atoms with E-state index >= 15 is 0 Å². The van der Waals surface area contributed by atoms with Crippen molar-refractivity contribution in [1.29, 1.82) is 0 Å². The summed E-state index contributed by atoms with van der Waals surface area (Å²) in [5.74, 6) is 0.910. The second-order valence-electron chi connectivity index (χ2n) is 3.09. The molecule has 1 saturated carbocycles. The molecule has 1 fully saturated rings. The van der Waals surface area contributed by atoms with Crippen LogP contribution >= 0.6 is 11.6 Å². The largest absolute Gasteiger partial charge is 0.304 e. The molecule has 0 aliphatic heterocycles. The van der Waals surface area contributed by atoms with Crippen molar-refractivity contribution in [2.45, 2.75) is 32.1 Å². The van der Waals surface area contributed by atoms with E-state index in [4.69, 9.17) is 11.6 Å². The third-order valence-electron chi connectivity index (χ3n) is 2.25. The molecule has 1 N–H and O–H groups in total. The zero-order chi connectivity index (χ0) is 7.23. The van der Waals surface area contributed by atoms with Gasteiger partial charge in [0.1, 0.15) is 0 Å². The zero-order valence-corrected chi connectivity index (χ0v) is 7.16. The Balaban J connectivity index is 2.02. The molecule has 1 nitrogen and oxygen atoms in total. The van der Waals surface area contributed by atoms with Crippen molar-refractivity contribution in [3.05, 3.63) is 0 Å². The summed E-state index contributed by atoms with van der Waals surface area (Å²) in [5, 5.41) is 3.18. The Morgan fingerprint density at radius 2 is 1.90 bits per heavy atom. The van der Waals surface area contributed by atoms with Gasteiger partial charge >= 0.3 is 0 Å². The van der Waals surface area contributed by atoms with Gasteiger partial charge in [-0.3, -0.25) is 0 Å². The van der Waals surface area contributed by atoms with E-state index in [2.05, 4.69) is 5.32 Å². The highest BCUT2D eigenvalue weighted by Gasteiger charge is 2.11. The van der Waals surface area contributed by atoms with Gasteiger partial charge < -0.3 is 5.32 Å². The minimum absolute atomic E-state index is 0.608. The fraction of sp³-hybridized carbons (Fsp3) is 1.00. The van der Waals surface area contributed by atoms with Crippen molar-refractivity contribution in [1.82, 2.24) is 5.32 Å². The summed E-state index contributed by atoms with van der Waals surface area (Å²) in [4.78, 5) is 0. The second kappa shape index (κ2) is 4.97. The molecule has 0 aromatic heterocycles. The third kappa shape index (κ3) is 2.89. The van der Waals surface area contributed by atoms with Gasteiger partial charge in [-0.1, -0.05) is 19.3 Å². The van der Waals surface area contributed by atoms with Gasteiger partial charge in [-0.25, -0.2) is 0 Å². The first-order valence-electron chi connectivity index (χ1n) is 4.20. The summed E-state index contributed by atoms with van der Waals surface area (Å²) in [6.07, 6.45) is 7.11. The summed E-state index contributed by atoms with van der Waals surface area (Å²) in [6.45, 7) is 1.13. The molecule has 10 heavy (non-hydrogen) atoms. The van der Waals surface area contributed by atoms with Crippen LogP contribution in [0, 0.1) is 5.92 Å². The molecular formula is C8H16ClN. The van der Waals surface area contributed by atoms with Crippen LogP contribution in [0.1, 0.15) is 32.1 Å². The molecule has 0 bridgehead atoms. The lowest BCUT2D eigenvalue weighted by molar-refractivity contribution is 0.348. The van der Waals surface area contributed by atoms with E-state index in [1.165, 1.54) is 32.1 Å². The SMILES string of the molecule is ClCNCC1CCCCC1. The van der Waals surface area contributed by atoms with Gasteiger partial charge in [-0.15, -0.1) is 11.6 Å². The third-order valence-corrected chi connectivity index (χ3v) is 2.44. The molecule has 60 valence electrons. The molecule has 1 aliphatic carbocycles. The van der Waals surface area contributed by atoms with Crippen molar-refractivity contribution >= 4 is 11.6 Å². The van der Waals surface area contributed by atoms with Gasteiger partial charge in [0.2, 0.25) is 0 Å². The number of alkyl halides is 1. The van der Waals surface area contributed by atoms with Gasteiger partial charge in [-0.2, -0.15) is 0 Å². The molecule has 0 amide bonds. The van der Waals surface area contributed by atoms with Gasteiger partial charge in [-0.05, 0) is 25.3 Å². The predicted octanol–water partition coefficient (Wildman–Crippen LogP) is 2.35. The van der Waals surface area contributed by atoms with Gasteiger partial charge in [0.25, 0.3) is 0 Å². The maximum absolute atomic E-state index is 5.51. The topological polar surface area (TPSA) is 12.0 Å². The summed E-state index contributed by atoms with van der Waals surface area (Å²) in [6, 6.07) is 0.608. The van der Waals surface area contributed by atoms with Crippen molar-refractivity contribution in [2.24, 2.45) is 5.92 Å². The van der Waals surface area contributed by atoms with Crippen LogP contribution in [0.15, 0.2) is 0 Å². The Bertz CT molecular complexity index is 79.3. The highest BCUT2D eigenvalue weighted by Crippen LogP contribution is 2.22. The summed E-state index contributed by atoms with van der Waals surface area (Å²) < 4.78 is 0. The van der Waals surface area contributed by atoms with Crippen LogP contribution in [0.5, 0.6) is 0 Å². The zero-order valence-electron chi connectivity index (χ0n) is 6.41. The Hall–Kier alpha value is 0.250. The first-order chi connectivity index (χ1) is 4.93. The molecular weight excluding hydrogens is 146 g/mol. The van der Waals surface area contributed by atoms with E-state index in [1.54, 1.807) is 0 Å². The van der Waals surface area contributed by atoms with E-state index in [-0.39, 0.29) is 0 Å². The highest BCUT2D eigenvalue weighted by molar-refractivity contribution is 6.17. The average Bonchev–Trinajstić information content (AvgIpc) is 2.03. The summed E-state index contributed by atoms with van der Waals surface area (Å²) in [7, 11) is 0. The van der Waals surface area contributed by atoms with Crippen LogP contribution in [0.4, 0.5) is 0 Å². The van der Waals surface area contributed by atoms with Crippen LogP contribution in [0.25, 0.3) is 0 Å². The lowest BCUT2D eigenvalue weighted by Gasteiger charge is -2.20. The number of hydrogen-bond donors (Lipinski definition) is 1. The molecule has 2 heteroatoms. The molecule has 0 unspecified atom stereocenters. The molecule has 0 atom stereocenters. The number of nitrogens with one attached hydrogen (secondary N) is 1. The van der Waals surface area contributed by atoms with E-state index in [1.807, 2.05) is 0 Å². The van der Waals surface area contributed by atoms with Crippen LogP contribution in [0.3, 0.4) is 0 Å². The minimum Gasteiger partial charge on any atom is -0.304 e. The maximum Gasteiger partial charge on any atom is 0.0713 e. The van der Waals surface area contributed by atoms with E-state index < -0.39 is 0 Å². The van der Waals surface area contributed by atoms with Crippen molar-refractivity contribution in [2.75, 3.05) is 12.5 Å². The lowest BCUT2D eigenvalue weighted by atomic mass is 9.89. The lowest BCUT2D eigenvalue weighted by Crippen LogP contribution is -2.23. The molecule has 0 spiro atoms. The van der Waals surface area contributed by atoms with Crippen LogP contribution < -0.4 is 5.32 Å². The normalized spacial score (nSPS) is 21.3. The number of halogens is 1. The molecule has 0 radical (unpaired) electrons. The first-order valence-corrected chi connectivity index (χ1v) is 4.73. The highest BCUT2D eigenvalue weighted by atomic mass is 35.5. The first kappa shape index (κ1) is 8.35. The summed E-state index contributed by atoms with van der Waals surface area (Å²) >= 11 is 5.51. The van der Waals surface area contributed by atoms with Gasteiger partial charge in [0.15, 0.2) is 0 Å². The van der Waals surface area contributed by atoms with E-state index in [9.17, 15) is 0 Å². The molecule has 1 rings (SSSR count). The molecule has 0 heterocycles. The molecule has 0 aromatic rings. The second-order valence-corrected chi connectivity index (χ2v) is 3.36. The smallest absolute Gasteiger partial charge is 0.0713 e. The van der Waals surface area contributed by atoms with Crippen molar-refractivity contribution in [3.8, 4) is 0 Å². The molecule has 1 aliphatic rings. The van der Waals surface area contributed by atoms with Crippen molar-refractivity contribution in [3.63, 3.8) is 0 Å². The predicted molar refractivity (Wildman–Crippen MR) is 45.3 cm³/mol. The minimum atomic E-state index is 0.608. The number of hydrogen-bond acceptors (Lipinski definition) is 1. The average molecular weight is 162 g/mol. The van der Waals surface area contributed by atoms with Crippen LogP contribution in [-0.4, -0.2) is 12.5 Å². The number of rotatable bonds is 3. The van der Waals surface area contributed by atoms with Crippen molar-refractivity contribution < 1.29 is 0 Å². The van der Waals surface area contributed by atoms with Crippen LogP contribution in [0.2, 0.25) is 0 Å². The Labute approximate surface area is 68.1 Å². The van der Waals surface area contributed by atoms with Crippen LogP contribution in [-0.2, 0) is 0 Å². The maximum atomic E-state index is 5.51. The Kier molecular flexibility index (Phi) is 4.15. The Morgan fingerprint density at radius 1 is 1.20 bits per heavy atom. The quantitative estimate of drug-likeness (QED) is 0.495. The van der Waals surface area contributed by atoms with E-state index in [0.717, 1.165) is 12.5 Å². The summed E-state index contributed by atoms with van der Waals surface area (Å²) in [5.41, 5.74) is 0.